The van der Waals surface area contributed by atoms with Gasteiger partial charge in [0.15, 0.2) is 5.75 Å². The molecule has 1 amide bonds. The summed E-state index contributed by atoms with van der Waals surface area (Å²) in [7, 11) is 4.93. The molecule has 0 saturated heterocycles. The van der Waals surface area contributed by atoms with Gasteiger partial charge in [-0.2, -0.15) is 0 Å². The number of rotatable bonds is 7. The minimum Gasteiger partial charge on any atom is -0.505 e. The second kappa shape index (κ2) is 9.97. The van der Waals surface area contributed by atoms with E-state index in [1.165, 1.54) is 4.90 Å². The number of nitrogens with one attached hydrogen (secondary N) is 2. The Morgan fingerprint density at radius 2 is 2.12 bits per heavy atom. The van der Waals surface area contributed by atoms with E-state index in [1.54, 1.807) is 45.4 Å². The first-order chi connectivity index (χ1) is 11.9. The smallest absolute Gasteiger partial charge is 0.257 e. The normalized spacial score (nSPS) is 12.2. The molecular formula is C19H26N4O2. The molecule has 1 rings (SSSR count). The van der Waals surface area contributed by atoms with Crippen LogP contribution in [0.25, 0.3) is 0 Å². The van der Waals surface area contributed by atoms with Crippen LogP contribution >= 0.6 is 0 Å². The van der Waals surface area contributed by atoms with Crippen LogP contribution in [-0.2, 0) is 0 Å². The average Bonchev–Trinajstić information content (AvgIpc) is 2.59. The predicted octanol–water partition coefficient (Wildman–Crippen LogP) is 2.77. The highest BCUT2D eigenvalue weighted by molar-refractivity contribution is 6.02. The number of hydrogen-bond acceptors (Lipinski definition) is 4. The third kappa shape index (κ3) is 5.84. The molecule has 3 N–H and O–H groups in total. The molecule has 0 atom stereocenters. The molecule has 0 fully saturated rings. The number of aromatic hydroxyl groups is 1. The number of phenolic OH excluding ortho intramolecular Hbond substituents is 1. The Labute approximate surface area is 149 Å². The Morgan fingerprint density at radius 1 is 1.40 bits per heavy atom. The minimum atomic E-state index is -0.265. The van der Waals surface area contributed by atoms with E-state index in [-0.39, 0.29) is 17.2 Å². The van der Waals surface area contributed by atoms with Crippen LogP contribution in [0, 0.1) is 0 Å². The van der Waals surface area contributed by atoms with Crippen molar-refractivity contribution in [3.63, 3.8) is 0 Å². The molecule has 1 aromatic rings. The third-order valence-electron chi connectivity index (χ3n) is 3.33. The highest BCUT2D eigenvalue weighted by Gasteiger charge is 2.16. The van der Waals surface area contributed by atoms with Gasteiger partial charge in [-0.3, -0.25) is 9.79 Å². The number of amidine groups is 1. The van der Waals surface area contributed by atoms with Gasteiger partial charge in [0, 0.05) is 26.8 Å². The van der Waals surface area contributed by atoms with Crippen molar-refractivity contribution in [1.29, 1.82) is 0 Å². The second-order valence-electron chi connectivity index (χ2n) is 5.41. The summed E-state index contributed by atoms with van der Waals surface area (Å²) in [6.45, 7) is 6.03. The fourth-order valence-corrected chi connectivity index (χ4v) is 2.06. The quantitative estimate of drug-likeness (QED) is 0.308. The number of para-hydroxylation sites is 1. The fraction of sp³-hybridized carbons (Fsp3) is 0.263. The Hall–Kier alpha value is -3.02. The Balaban J connectivity index is 2.92. The van der Waals surface area contributed by atoms with Crippen molar-refractivity contribution in [2.75, 3.05) is 33.0 Å². The van der Waals surface area contributed by atoms with Crippen molar-refractivity contribution in [3.05, 3.63) is 60.3 Å². The SMILES string of the molecule is C=C/C=C(\C=C/C)NCC(=NC)Nc1cccc(C(=O)N(C)C)c1O. The van der Waals surface area contributed by atoms with Crippen molar-refractivity contribution in [2.45, 2.75) is 6.92 Å². The van der Waals surface area contributed by atoms with Crippen molar-refractivity contribution in [2.24, 2.45) is 4.99 Å². The molecule has 1 aromatic carbocycles. The number of benzene rings is 1. The summed E-state index contributed by atoms with van der Waals surface area (Å²) in [6, 6.07) is 4.99. The number of carbonyl (C=O) groups excluding carboxylic acids is 1. The maximum Gasteiger partial charge on any atom is 0.257 e. The average molecular weight is 342 g/mol. The topological polar surface area (TPSA) is 77.0 Å². The molecule has 0 aliphatic heterocycles. The van der Waals surface area contributed by atoms with Gasteiger partial charge in [0.25, 0.3) is 5.91 Å². The lowest BCUT2D eigenvalue weighted by molar-refractivity contribution is 0.0824. The number of anilines is 1. The lowest BCUT2D eigenvalue weighted by Gasteiger charge is -2.16. The van der Waals surface area contributed by atoms with Gasteiger partial charge < -0.3 is 20.6 Å². The number of carbonyl (C=O) groups is 1. The molecule has 0 heterocycles. The summed E-state index contributed by atoms with van der Waals surface area (Å²) in [5.74, 6) is 0.250. The molecule has 0 aliphatic carbocycles. The van der Waals surface area contributed by atoms with Crippen LogP contribution in [0.4, 0.5) is 5.69 Å². The third-order valence-corrected chi connectivity index (χ3v) is 3.33. The van der Waals surface area contributed by atoms with Crippen molar-refractivity contribution in [3.8, 4) is 5.75 Å². The number of nitrogens with zero attached hydrogens (tertiary/aromatic N) is 2. The molecular weight excluding hydrogens is 316 g/mol. The van der Waals surface area contributed by atoms with Gasteiger partial charge >= 0.3 is 0 Å². The zero-order valence-electron chi connectivity index (χ0n) is 15.2. The molecule has 0 saturated carbocycles. The number of aliphatic imine (C=N–C) groups is 1. The molecule has 134 valence electrons. The van der Waals surface area contributed by atoms with E-state index >= 15 is 0 Å². The van der Waals surface area contributed by atoms with Crippen LogP contribution in [0.3, 0.4) is 0 Å². The van der Waals surface area contributed by atoms with E-state index < -0.39 is 0 Å². The molecule has 6 heteroatoms. The molecule has 25 heavy (non-hydrogen) atoms. The second-order valence-corrected chi connectivity index (χ2v) is 5.41. The van der Waals surface area contributed by atoms with E-state index in [2.05, 4.69) is 22.2 Å². The van der Waals surface area contributed by atoms with E-state index in [0.717, 1.165) is 5.70 Å². The zero-order chi connectivity index (χ0) is 18.8. The molecule has 0 unspecified atom stereocenters. The maximum absolute atomic E-state index is 12.1. The Morgan fingerprint density at radius 3 is 2.68 bits per heavy atom. The van der Waals surface area contributed by atoms with Gasteiger partial charge in [0.2, 0.25) is 0 Å². The summed E-state index contributed by atoms with van der Waals surface area (Å²) in [5, 5.41) is 16.7. The predicted molar refractivity (Wildman–Crippen MR) is 104 cm³/mol. The first-order valence-corrected chi connectivity index (χ1v) is 7.90. The highest BCUT2D eigenvalue weighted by atomic mass is 16.3. The summed E-state index contributed by atoms with van der Waals surface area (Å²) in [6.07, 6.45) is 7.38. The number of hydrogen-bond donors (Lipinski definition) is 3. The van der Waals surface area contributed by atoms with Crippen molar-refractivity contribution in [1.82, 2.24) is 10.2 Å². The highest BCUT2D eigenvalue weighted by Crippen LogP contribution is 2.28. The summed E-state index contributed by atoms with van der Waals surface area (Å²) < 4.78 is 0. The van der Waals surface area contributed by atoms with Gasteiger partial charge in [-0.1, -0.05) is 24.8 Å². The van der Waals surface area contributed by atoms with Gasteiger partial charge in [-0.15, -0.1) is 0 Å². The van der Waals surface area contributed by atoms with Gasteiger partial charge in [-0.25, -0.2) is 0 Å². The van der Waals surface area contributed by atoms with Crippen LogP contribution in [0.5, 0.6) is 5.75 Å². The van der Waals surface area contributed by atoms with E-state index in [4.69, 9.17) is 0 Å². The van der Waals surface area contributed by atoms with Crippen LogP contribution in [0.15, 0.2) is 59.8 Å². The van der Waals surface area contributed by atoms with Gasteiger partial charge in [-0.05, 0) is 31.2 Å². The molecule has 0 spiro atoms. The van der Waals surface area contributed by atoms with Crippen LogP contribution in [0.1, 0.15) is 17.3 Å². The van der Waals surface area contributed by atoms with Crippen LogP contribution in [-0.4, -0.2) is 49.4 Å². The molecule has 6 nitrogen and oxygen atoms in total. The summed E-state index contributed by atoms with van der Waals surface area (Å²) in [5.41, 5.74) is 1.55. The molecule has 0 aliphatic rings. The van der Waals surface area contributed by atoms with E-state index in [9.17, 15) is 9.90 Å². The molecule has 0 bridgehead atoms. The van der Waals surface area contributed by atoms with Gasteiger partial charge in [0.1, 0.15) is 5.84 Å². The van der Waals surface area contributed by atoms with E-state index in [1.807, 2.05) is 25.2 Å². The Kier molecular flexibility index (Phi) is 7.99. The van der Waals surface area contributed by atoms with Gasteiger partial charge in [0.05, 0.1) is 17.8 Å². The van der Waals surface area contributed by atoms with Crippen LogP contribution < -0.4 is 10.6 Å². The first-order valence-electron chi connectivity index (χ1n) is 7.90. The number of allylic oxidation sites excluding steroid dienone is 4. The minimum absolute atomic E-state index is 0.0994. The van der Waals surface area contributed by atoms with Crippen molar-refractivity contribution >= 4 is 17.4 Å². The standard InChI is InChI=1S/C19H26N4O2/c1-6-9-14(10-7-2)21-13-17(20-3)22-16-12-8-11-15(18(16)24)19(25)23(4)5/h6-12,21,24H,1,13H2,2-5H3,(H,20,22)/b10-7-,14-9+. The largest absolute Gasteiger partial charge is 0.505 e. The zero-order valence-corrected chi connectivity index (χ0v) is 15.2. The molecule has 0 radical (unpaired) electrons. The van der Waals surface area contributed by atoms with E-state index in [0.29, 0.717) is 18.1 Å². The maximum atomic E-state index is 12.1. The summed E-state index contributed by atoms with van der Waals surface area (Å²) in [4.78, 5) is 17.7. The Bertz CT molecular complexity index is 703. The number of phenols is 1. The fourth-order valence-electron chi connectivity index (χ4n) is 2.06. The van der Waals surface area contributed by atoms with Crippen molar-refractivity contribution < 1.29 is 9.90 Å². The first kappa shape index (κ1) is 20.0. The number of amides is 1. The van der Waals surface area contributed by atoms with Crippen LogP contribution in [0.2, 0.25) is 0 Å². The lowest BCUT2D eigenvalue weighted by Crippen LogP contribution is -2.28. The molecule has 0 aromatic heterocycles. The summed E-state index contributed by atoms with van der Waals surface area (Å²) >= 11 is 0. The lowest BCUT2D eigenvalue weighted by atomic mass is 10.1. The monoisotopic (exact) mass is 342 g/mol.